The Balaban J connectivity index is 1.49. The fraction of sp³-hybridized carbons (Fsp3) is 0.250. The topological polar surface area (TPSA) is 88.1 Å². The number of thiocarbonyl (C=S) groups is 1. The standard InChI is InChI=1S/C20H21N7OS2/c29-19(23-14-15-5-2-1-3-6-15)26-18-24-16(27-9-11-28-12-10-27)13-17(25-18)30-20-21-7-4-8-22-20/h1-8,13H,9-12,14H2,(H2,23,24,25,26,29). The van der Waals surface area contributed by atoms with Gasteiger partial charge in [-0.25, -0.2) is 15.0 Å². The van der Waals surface area contributed by atoms with E-state index in [0.717, 1.165) is 29.5 Å². The van der Waals surface area contributed by atoms with Crippen LogP contribution in [0.25, 0.3) is 0 Å². The summed E-state index contributed by atoms with van der Waals surface area (Å²) in [6.45, 7) is 3.52. The summed E-state index contributed by atoms with van der Waals surface area (Å²) in [6, 6.07) is 13.8. The van der Waals surface area contributed by atoms with Crippen LogP contribution in [0.1, 0.15) is 5.56 Å². The van der Waals surface area contributed by atoms with Gasteiger partial charge in [0.1, 0.15) is 10.8 Å². The fourth-order valence-corrected chi connectivity index (χ4v) is 3.71. The third-order valence-corrected chi connectivity index (χ3v) is 5.34. The molecular formula is C20H21N7OS2. The van der Waals surface area contributed by atoms with Crippen LogP contribution in [-0.4, -0.2) is 51.4 Å². The number of hydrogen-bond acceptors (Lipinski definition) is 8. The zero-order chi connectivity index (χ0) is 20.6. The van der Waals surface area contributed by atoms with Crippen molar-refractivity contribution in [2.45, 2.75) is 16.7 Å². The number of morpholine rings is 1. The molecule has 0 spiro atoms. The number of nitrogens with zero attached hydrogens (tertiary/aromatic N) is 5. The van der Waals surface area contributed by atoms with Crippen LogP contribution < -0.4 is 15.5 Å². The molecule has 2 N–H and O–H groups in total. The number of rotatable bonds is 6. The minimum absolute atomic E-state index is 0.433. The molecule has 10 heteroatoms. The highest BCUT2D eigenvalue weighted by Gasteiger charge is 2.16. The van der Waals surface area contributed by atoms with Gasteiger partial charge in [0.2, 0.25) is 5.95 Å². The maximum absolute atomic E-state index is 5.46. The first kappa shape index (κ1) is 20.5. The molecule has 1 aliphatic rings. The van der Waals surface area contributed by atoms with Gasteiger partial charge in [-0.3, -0.25) is 0 Å². The summed E-state index contributed by atoms with van der Waals surface area (Å²) in [6.07, 6.45) is 3.42. The van der Waals surface area contributed by atoms with E-state index in [4.69, 9.17) is 17.0 Å². The van der Waals surface area contributed by atoms with Crippen molar-refractivity contribution in [2.75, 3.05) is 36.5 Å². The van der Waals surface area contributed by atoms with Crippen molar-refractivity contribution in [1.29, 1.82) is 0 Å². The molecular weight excluding hydrogens is 418 g/mol. The number of ether oxygens (including phenoxy) is 1. The molecule has 2 aromatic heterocycles. The highest BCUT2D eigenvalue weighted by Crippen LogP contribution is 2.27. The lowest BCUT2D eigenvalue weighted by atomic mass is 10.2. The molecule has 154 valence electrons. The Morgan fingerprint density at radius 2 is 1.83 bits per heavy atom. The van der Waals surface area contributed by atoms with E-state index < -0.39 is 0 Å². The molecule has 3 heterocycles. The van der Waals surface area contributed by atoms with E-state index in [1.807, 2.05) is 36.4 Å². The number of benzene rings is 1. The number of nitrogens with one attached hydrogen (secondary N) is 2. The lowest BCUT2D eigenvalue weighted by molar-refractivity contribution is 0.122. The van der Waals surface area contributed by atoms with Gasteiger partial charge in [0, 0.05) is 38.1 Å². The molecule has 1 aromatic carbocycles. The van der Waals surface area contributed by atoms with Crippen molar-refractivity contribution in [3.8, 4) is 0 Å². The summed E-state index contributed by atoms with van der Waals surface area (Å²) in [7, 11) is 0. The summed E-state index contributed by atoms with van der Waals surface area (Å²) < 4.78 is 5.46. The van der Waals surface area contributed by atoms with Crippen molar-refractivity contribution in [3.63, 3.8) is 0 Å². The third-order valence-electron chi connectivity index (χ3n) is 4.28. The van der Waals surface area contributed by atoms with Crippen molar-refractivity contribution in [1.82, 2.24) is 25.3 Å². The van der Waals surface area contributed by atoms with E-state index in [1.54, 1.807) is 18.5 Å². The van der Waals surface area contributed by atoms with E-state index in [9.17, 15) is 0 Å². The average molecular weight is 440 g/mol. The first-order chi connectivity index (χ1) is 14.8. The molecule has 1 saturated heterocycles. The van der Waals surface area contributed by atoms with E-state index in [0.29, 0.717) is 36.0 Å². The summed E-state index contributed by atoms with van der Waals surface area (Å²) in [5.74, 6) is 1.25. The molecule has 8 nitrogen and oxygen atoms in total. The summed E-state index contributed by atoms with van der Waals surface area (Å²) >= 11 is 6.82. The number of aromatic nitrogens is 4. The van der Waals surface area contributed by atoms with Gasteiger partial charge < -0.3 is 20.3 Å². The van der Waals surface area contributed by atoms with Gasteiger partial charge in [-0.15, -0.1) is 0 Å². The minimum Gasteiger partial charge on any atom is -0.378 e. The first-order valence-corrected chi connectivity index (χ1v) is 10.7. The average Bonchev–Trinajstić information content (AvgIpc) is 2.79. The SMILES string of the molecule is S=C(NCc1ccccc1)Nc1nc(Sc2ncccn2)cc(N2CCOCC2)n1. The fourth-order valence-electron chi connectivity index (χ4n) is 2.83. The van der Waals surface area contributed by atoms with Crippen molar-refractivity contribution < 1.29 is 4.74 Å². The van der Waals surface area contributed by atoms with Gasteiger partial charge in [-0.05, 0) is 35.6 Å². The Hall–Kier alpha value is -2.82. The Morgan fingerprint density at radius 3 is 2.60 bits per heavy atom. The third kappa shape index (κ3) is 5.85. The smallest absolute Gasteiger partial charge is 0.232 e. The highest BCUT2D eigenvalue weighted by molar-refractivity contribution is 7.99. The van der Waals surface area contributed by atoms with Gasteiger partial charge >= 0.3 is 0 Å². The van der Waals surface area contributed by atoms with Crippen LogP contribution in [0.3, 0.4) is 0 Å². The van der Waals surface area contributed by atoms with Crippen molar-refractivity contribution in [3.05, 3.63) is 60.4 Å². The molecule has 1 aliphatic heterocycles. The monoisotopic (exact) mass is 439 g/mol. The normalized spacial score (nSPS) is 13.7. The summed E-state index contributed by atoms with van der Waals surface area (Å²) in [4.78, 5) is 20.0. The minimum atomic E-state index is 0.433. The van der Waals surface area contributed by atoms with Gasteiger partial charge in [0.05, 0.1) is 13.2 Å². The maximum Gasteiger partial charge on any atom is 0.232 e. The Bertz CT molecular complexity index is 969. The second kappa shape index (κ2) is 10.3. The van der Waals surface area contributed by atoms with Crippen LogP contribution >= 0.6 is 24.0 Å². The first-order valence-electron chi connectivity index (χ1n) is 9.52. The lowest BCUT2D eigenvalue weighted by Gasteiger charge is -2.28. The largest absolute Gasteiger partial charge is 0.378 e. The van der Waals surface area contributed by atoms with E-state index in [1.165, 1.54) is 11.8 Å². The quantitative estimate of drug-likeness (QED) is 0.339. The lowest BCUT2D eigenvalue weighted by Crippen LogP contribution is -2.37. The number of anilines is 2. The Labute approximate surface area is 184 Å². The predicted octanol–water partition coefficient (Wildman–Crippen LogP) is 2.74. The molecule has 0 saturated carbocycles. The summed E-state index contributed by atoms with van der Waals surface area (Å²) in [5, 5.41) is 8.12. The molecule has 30 heavy (non-hydrogen) atoms. The van der Waals surface area contributed by atoms with Gasteiger partial charge in [0.15, 0.2) is 10.3 Å². The van der Waals surface area contributed by atoms with Crippen LogP contribution in [-0.2, 0) is 11.3 Å². The van der Waals surface area contributed by atoms with E-state index in [-0.39, 0.29) is 0 Å². The second-order valence-corrected chi connectivity index (χ2v) is 7.81. The highest BCUT2D eigenvalue weighted by atomic mass is 32.2. The molecule has 0 atom stereocenters. The molecule has 0 unspecified atom stereocenters. The zero-order valence-corrected chi connectivity index (χ0v) is 17.8. The maximum atomic E-state index is 5.46. The van der Waals surface area contributed by atoms with Crippen LogP contribution in [0.15, 0.2) is 65.0 Å². The van der Waals surface area contributed by atoms with Crippen LogP contribution in [0.2, 0.25) is 0 Å². The van der Waals surface area contributed by atoms with Crippen molar-refractivity contribution >= 4 is 40.9 Å². The Morgan fingerprint density at radius 1 is 1.07 bits per heavy atom. The van der Waals surface area contributed by atoms with Crippen LogP contribution in [0.4, 0.5) is 11.8 Å². The molecule has 0 aliphatic carbocycles. The molecule has 4 rings (SSSR count). The molecule has 0 radical (unpaired) electrons. The van der Waals surface area contributed by atoms with Gasteiger partial charge in [-0.1, -0.05) is 30.3 Å². The van der Waals surface area contributed by atoms with E-state index in [2.05, 4.69) is 35.5 Å². The van der Waals surface area contributed by atoms with Crippen LogP contribution in [0.5, 0.6) is 0 Å². The Kier molecular flexibility index (Phi) is 7.01. The second-order valence-electron chi connectivity index (χ2n) is 6.41. The van der Waals surface area contributed by atoms with Gasteiger partial charge in [0.25, 0.3) is 0 Å². The van der Waals surface area contributed by atoms with Gasteiger partial charge in [-0.2, -0.15) is 4.98 Å². The predicted molar refractivity (Wildman–Crippen MR) is 121 cm³/mol. The molecule has 1 fully saturated rings. The molecule has 0 amide bonds. The number of hydrogen-bond donors (Lipinski definition) is 2. The van der Waals surface area contributed by atoms with E-state index >= 15 is 0 Å². The zero-order valence-electron chi connectivity index (χ0n) is 16.2. The molecule has 0 bridgehead atoms. The summed E-state index contributed by atoms with van der Waals surface area (Å²) in [5.41, 5.74) is 1.14. The van der Waals surface area contributed by atoms with Crippen molar-refractivity contribution in [2.24, 2.45) is 0 Å². The molecule has 3 aromatic rings. The van der Waals surface area contributed by atoms with Crippen LogP contribution in [0, 0.1) is 0 Å².